The van der Waals surface area contributed by atoms with Crippen molar-refractivity contribution in [3.63, 3.8) is 0 Å². The van der Waals surface area contributed by atoms with Crippen LogP contribution < -0.4 is 5.32 Å². The van der Waals surface area contributed by atoms with E-state index in [9.17, 15) is 10.1 Å². The van der Waals surface area contributed by atoms with Gasteiger partial charge in [-0.3, -0.25) is 10.1 Å². The van der Waals surface area contributed by atoms with Crippen LogP contribution in [0.15, 0.2) is 22.6 Å². The van der Waals surface area contributed by atoms with Crippen LogP contribution in [-0.2, 0) is 0 Å². The van der Waals surface area contributed by atoms with Crippen LogP contribution in [0.3, 0.4) is 0 Å². The van der Waals surface area contributed by atoms with Gasteiger partial charge in [-0.25, -0.2) is 0 Å². The Kier molecular flexibility index (Phi) is 3.74. The summed E-state index contributed by atoms with van der Waals surface area (Å²) in [5, 5.41) is 13.9. The first-order chi connectivity index (χ1) is 10.1. The molecule has 1 atom stereocenters. The highest BCUT2D eigenvalue weighted by molar-refractivity contribution is 5.77. The lowest BCUT2D eigenvalue weighted by Gasteiger charge is -2.32. The minimum absolute atomic E-state index is 0.0113. The van der Waals surface area contributed by atoms with Gasteiger partial charge in [0.1, 0.15) is 5.52 Å². The van der Waals surface area contributed by atoms with Crippen LogP contribution in [0, 0.1) is 10.1 Å². The predicted octanol–water partition coefficient (Wildman–Crippen LogP) is 2.63. The third-order valence-corrected chi connectivity index (χ3v) is 3.99. The van der Waals surface area contributed by atoms with Crippen molar-refractivity contribution < 1.29 is 9.34 Å². The summed E-state index contributed by atoms with van der Waals surface area (Å²) < 4.78 is 5.54. The van der Waals surface area contributed by atoms with Gasteiger partial charge in [0.25, 0.3) is 11.7 Å². The minimum Gasteiger partial charge on any atom is -0.423 e. The molecular formula is C14H18N4O3. The van der Waals surface area contributed by atoms with Gasteiger partial charge in [0.2, 0.25) is 0 Å². The lowest BCUT2D eigenvalue weighted by atomic mass is 10.0. The molecule has 1 fully saturated rings. The molecule has 21 heavy (non-hydrogen) atoms. The van der Waals surface area contributed by atoms with Crippen molar-refractivity contribution in [1.82, 2.24) is 9.88 Å². The average Bonchev–Trinajstić information content (AvgIpc) is 2.88. The second-order valence-electron chi connectivity index (χ2n) is 5.44. The van der Waals surface area contributed by atoms with E-state index in [1.807, 2.05) is 0 Å². The van der Waals surface area contributed by atoms with Gasteiger partial charge in [0, 0.05) is 18.7 Å². The van der Waals surface area contributed by atoms with Gasteiger partial charge in [0.05, 0.1) is 11.0 Å². The average molecular weight is 290 g/mol. The van der Waals surface area contributed by atoms with Crippen LogP contribution >= 0.6 is 0 Å². The standard InChI is InChI=1S/C14H18N4O3/c1-17-7-3-2-4-11(17)9-15-14-16-12-6-5-10(18(19)20)8-13(12)21-14/h5-6,8,11H,2-4,7,9H2,1H3,(H,15,16). The van der Waals surface area contributed by atoms with E-state index in [1.54, 1.807) is 6.07 Å². The molecule has 1 unspecified atom stereocenters. The summed E-state index contributed by atoms with van der Waals surface area (Å²) in [5.41, 5.74) is 1.07. The molecule has 7 heteroatoms. The topological polar surface area (TPSA) is 84.4 Å². The Morgan fingerprint density at radius 2 is 2.38 bits per heavy atom. The normalized spacial score (nSPS) is 19.8. The van der Waals surface area contributed by atoms with E-state index < -0.39 is 4.92 Å². The molecular weight excluding hydrogens is 272 g/mol. The quantitative estimate of drug-likeness (QED) is 0.688. The van der Waals surface area contributed by atoms with Gasteiger partial charge < -0.3 is 14.6 Å². The second kappa shape index (κ2) is 5.69. The fraction of sp³-hybridized carbons (Fsp3) is 0.500. The molecule has 2 aromatic rings. The minimum atomic E-state index is -0.438. The van der Waals surface area contributed by atoms with Gasteiger partial charge in [0.15, 0.2) is 5.58 Å². The molecule has 7 nitrogen and oxygen atoms in total. The zero-order valence-electron chi connectivity index (χ0n) is 11.9. The Hall–Kier alpha value is -2.15. The van der Waals surface area contributed by atoms with Crippen LogP contribution in [0.4, 0.5) is 11.7 Å². The number of fused-ring (bicyclic) bond motifs is 1. The van der Waals surface area contributed by atoms with Crippen LogP contribution in [-0.4, -0.2) is 41.0 Å². The number of nitro groups is 1. The molecule has 0 radical (unpaired) electrons. The molecule has 2 heterocycles. The largest absolute Gasteiger partial charge is 0.423 e. The van der Waals surface area contributed by atoms with Crippen LogP contribution in [0.1, 0.15) is 19.3 Å². The number of nitrogens with one attached hydrogen (secondary N) is 1. The summed E-state index contributed by atoms with van der Waals surface area (Å²) in [6.07, 6.45) is 3.66. The van der Waals surface area contributed by atoms with Gasteiger partial charge in [-0.15, -0.1) is 0 Å². The number of likely N-dealkylation sites (N-methyl/N-ethyl adjacent to an activating group) is 1. The second-order valence-corrected chi connectivity index (χ2v) is 5.44. The fourth-order valence-corrected chi connectivity index (χ4v) is 2.71. The number of rotatable bonds is 4. The van der Waals surface area contributed by atoms with E-state index in [4.69, 9.17) is 4.42 Å². The Labute approximate surface area is 122 Å². The molecule has 0 spiro atoms. The molecule has 0 amide bonds. The predicted molar refractivity (Wildman–Crippen MR) is 79.4 cm³/mol. The molecule has 0 bridgehead atoms. The fourth-order valence-electron chi connectivity index (χ4n) is 2.71. The third-order valence-electron chi connectivity index (χ3n) is 3.99. The molecule has 0 saturated carbocycles. The summed E-state index contributed by atoms with van der Waals surface area (Å²) in [6.45, 7) is 1.89. The SMILES string of the molecule is CN1CCCCC1CNc1nc2ccc([N+](=O)[O-])cc2o1. The van der Waals surface area contributed by atoms with Crippen molar-refractivity contribution >= 4 is 22.8 Å². The lowest BCUT2D eigenvalue weighted by molar-refractivity contribution is -0.384. The van der Waals surface area contributed by atoms with Crippen molar-refractivity contribution in [2.24, 2.45) is 0 Å². The molecule has 1 N–H and O–H groups in total. The number of oxazole rings is 1. The highest BCUT2D eigenvalue weighted by Crippen LogP contribution is 2.24. The Bertz CT molecular complexity index is 655. The number of hydrogen-bond donors (Lipinski definition) is 1. The molecule has 1 aromatic heterocycles. The van der Waals surface area contributed by atoms with E-state index in [0.29, 0.717) is 23.2 Å². The van der Waals surface area contributed by atoms with E-state index in [-0.39, 0.29) is 5.69 Å². The van der Waals surface area contributed by atoms with Crippen molar-refractivity contribution in [2.45, 2.75) is 25.3 Å². The highest BCUT2D eigenvalue weighted by Gasteiger charge is 2.19. The first-order valence-corrected chi connectivity index (χ1v) is 7.12. The first-order valence-electron chi connectivity index (χ1n) is 7.12. The number of anilines is 1. The summed E-state index contributed by atoms with van der Waals surface area (Å²) in [5.74, 6) is 0. The summed E-state index contributed by atoms with van der Waals surface area (Å²) >= 11 is 0. The number of benzene rings is 1. The van der Waals surface area contributed by atoms with Crippen molar-refractivity contribution in [2.75, 3.05) is 25.5 Å². The molecule has 112 valence electrons. The van der Waals surface area contributed by atoms with E-state index in [0.717, 1.165) is 19.5 Å². The maximum atomic E-state index is 10.7. The summed E-state index contributed by atoms with van der Waals surface area (Å²) in [7, 11) is 2.13. The zero-order chi connectivity index (χ0) is 14.8. The van der Waals surface area contributed by atoms with Gasteiger partial charge in [-0.2, -0.15) is 4.98 Å². The number of aromatic nitrogens is 1. The van der Waals surface area contributed by atoms with Crippen molar-refractivity contribution in [1.29, 1.82) is 0 Å². The van der Waals surface area contributed by atoms with Crippen molar-refractivity contribution in [3.05, 3.63) is 28.3 Å². The van der Waals surface area contributed by atoms with Crippen LogP contribution in [0.2, 0.25) is 0 Å². The maximum absolute atomic E-state index is 10.7. The first kappa shape index (κ1) is 13.8. The summed E-state index contributed by atoms with van der Waals surface area (Å²) in [6, 6.07) is 5.34. The van der Waals surface area contributed by atoms with Crippen LogP contribution in [0.25, 0.3) is 11.1 Å². The zero-order valence-corrected chi connectivity index (χ0v) is 11.9. The number of likely N-dealkylation sites (tertiary alicyclic amines) is 1. The summed E-state index contributed by atoms with van der Waals surface area (Å²) in [4.78, 5) is 16.9. The highest BCUT2D eigenvalue weighted by atomic mass is 16.6. The Morgan fingerprint density at radius 1 is 1.52 bits per heavy atom. The third kappa shape index (κ3) is 2.97. The molecule has 1 aliphatic rings. The number of non-ortho nitro benzene ring substituents is 1. The number of piperidine rings is 1. The van der Waals surface area contributed by atoms with E-state index in [2.05, 4.69) is 22.2 Å². The Morgan fingerprint density at radius 3 is 3.14 bits per heavy atom. The lowest BCUT2D eigenvalue weighted by Crippen LogP contribution is -2.40. The van der Waals surface area contributed by atoms with E-state index in [1.165, 1.54) is 25.0 Å². The smallest absolute Gasteiger partial charge is 0.295 e. The van der Waals surface area contributed by atoms with Gasteiger partial charge in [-0.05, 0) is 32.5 Å². The Balaban J connectivity index is 1.71. The maximum Gasteiger partial charge on any atom is 0.295 e. The number of hydrogen-bond acceptors (Lipinski definition) is 6. The van der Waals surface area contributed by atoms with Gasteiger partial charge >= 0.3 is 0 Å². The molecule has 0 aliphatic carbocycles. The molecule has 3 rings (SSSR count). The van der Waals surface area contributed by atoms with E-state index >= 15 is 0 Å². The van der Waals surface area contributed by atoms with Crippen molar-refractivity contribution in [3.8, 4) is 0 Å². The monoisotopic (exact) mass is 290 g/mol. The number of nitrogens with zero attached hydrogens (tertiary/aromatic N) is 3. The molecule has 1 saturated heterocycles. The molecule has 1 aromatic carbocycles. The number of nitro benzene ring substituents is 1. The van der Waals surface area contributed by atoms with Gasteiger partial charge in [-0.1, -0.05) is 6.42 Å². The molecule has 1 aliphatic heterocycles. The van der Waals surface area contributed by atoms with Crippen LogP contribution in [0.5, 0.6) is 0 Å².